The zero-order chi connectivity index (χ0) is 19.3. The van der Waals surface area contributed by atoms with E-state index in [2.05, 4.69) is 72.5 Å². The Morgan fingerprint density at radius 2 is 1.68 bits per heavy atom. The zero-order valence-corrected chi connectivity index (χ0v) is 17.2. The molecule has 2 heterocycles. The summed E-state index contributed by atoms with van der Waals surface area (Å²) in [5.41, 5.74) is 5.17. The molecule has 0 aliphatic heterocycles. The van der Waals surface area contributed by atoms with Crippen LogP contribution in [-0.2, 0) is 19.3 Å². The summed E-state index contributed by atoms with van der Waals surface area (Å²) in [6.07, 6.45) is 8.77. The van der Waals surface area contributed by atoms with Crippen molar-refractivity contribution in [1.82, 2.24) is 14.8 Å². The number of hydrogen-bond donors (Lipinski definition) is 0. The highest BCUT2D eigenvalue weighted by Gasteiger charge is 2.06. The van der Waals surface area contributed by atoms with Gasteiger partial charge in [0.15, 0.2) is 0 Å². The molecule has 0 saturated heterocycles. The average Bonchev–Trinajstić information content (AvgIpc) is 3.40. The van der Waals surface area contributed by atoms with E-state index in [9.17, 15) is 0 Å². The normalized spacial score (nSPS) is 11.2. The molecule has 142 valence electrons. The van der Waals surface area contributed by atoms with Crippen LogP contribution in [0.1, 0.15) is 46.3 Å². The predicted octanol–water partition coefficient (Wildman–Crippen LogP) is 5.83. The summed E-state index contributed by atoms with van der Waals surface area (Å²) in [6.45, 7) is 4.47. The van der Waals surface area contributed by atoms with Crippen molar-refractivity contribution in [2.24, 2.45) is 0 Å². The standard InChI is InChI=1S/C24H25N3S/c1-18(2)21-9-4-19(5-10-21)8-13-24-25-17-23(28-24)16-20-6-11-22(12-7-20)27-15-3-14-26-27/h3-7,9-12,14-15,17-18H,8,13,16H2,1-2H3. The Labute approximate surface area is 170 Å². The monoisotopic (exact) mass is 387 g/mol. The first-order valence-corrected chi connectivity index (χ1v) is 10.6. The third-order valence-electron chi connectivity index (χ3n) is 4.96. The highest BCUT2D eigenvalue weighted by atomic mass is 32.1. The molecular weight excluding hydrogens is 362 g/mol. The number of nitrogens with zero attached hydrogens (tertiary/aromatic N) is 3. The van der Waals surface area contributed by atoms with E-state index in [1.807, 2.05) is 34.5 Å². The number of aromatic nitrogens is 3. The van der Waals surface area contributed by atoms with E-state index < -0.39 is 0 Å². The number of rotatable bonds is 7. The molecule has 4 heteroatoms. The van der Waals surface area contributed by atoms with Crippen molar-refractivity contribution < 1.29 is 0 Å². The summed E-state index contributed by atoms with van der Waals surface area (Å²) in [6, 6.07) is 19.5. The summed E-state index contributed by atoms with van der Waals surface area (Å²) >= 11 is 1.83. The van der Waals surface area contributed by atoms with Gasteiger partial charge >= 0.3 is 0 Å². The minimum atomic E-state index is 0.587. The molecule has 0 bridgehead atoms. The summed E-state index contributed by atoms with van der Waals surface area (Å²) in [7, 11) is 0. The second-order valence-electron chi connectivity index (χ2n) is 7.41. The molecule has 0 saturated carbocycles. The van der Waals surface area contributed by atoms with Crippen LogP contribution in [0.4, 0.5) is 0 Å². The molecule has 4 aromatic rings. The topological polar surface area (TPSA) is 30.7 Å². The first-order chi connectivity index (χ1) is 13.7. The fourth-order valence-electron chi connectivity index (χ4n) is 3.26. The van der Waals surface area contributed by atoms with E-state index in [-0.39, 0.29) is 0 Å². The molecule has 2 aromatic carbocycles. The molecule has 0 fully saturated rings. The van der Waals surface area contributed by atoms with Crippen molar-refractivity contribution in [3.8, 4) is 5.69 Å². The Morgan fingerprint density at radius 1 is 0.929 bits per heavy atom. The van der Waals surface area contributed by atoms with Crippen LogP contribution in [0.2, 0.25) is 0 Å². The SMILES string of the molecule is CC(C)c1ccc(CCc2ncc(Cc3ccc(-n4cccn4)cc3)s2)cc1. The number of hydrogen-bond acceptors (Lipinski definition) is 3. The number of aryl methyl sites for hydroxylation is 2. The van der Waals surface area contributed by atoms with E-state index in [4.69, 9.17) is 0 Å². The van der Waals surface area contributed by atoms with Gasteiger partial charge in [-0.1, -0.05) is 50.2 Å². The van der Waals surface area contributed by atoms with Crippen molar-refractivity contribution in [3.05, 3.63) is 99.8 Å². The average molecular weight is 388 g/mol. The summed E-state index contributed by atoms with van der Waals surface area (Å²) in [5, 5.41) is 5.49. The Balaban J connectivity index is 1.34. The maximum absolute atomic E-state index is 4.64. The third kappa shape index (κ3) is 4.57. The van der Waals surface area contributed by atoms with E-state index in [1.165, 1.54) is 26.6 Å². The van der Waals surface area contributed by atoms with Gasteiger partial charge in [0.05, 0.1) is 10.7 Å². The van der Waals surface area contributed by atoms with Crippen molar-refractivity contribution in [2.45, 2.75) is 39.0 Å². The van der Waals surface area contributed by atoms with Gasteiger partial charge in [-0.25, -0.2) is 9.67 Å². The van der Waals surface area contributed by atoms with Crippen LogP contribution < -0.4 is 0 Å². The van der Waals surface area contributed by atoms with Crippen molar-refractivity contribution >= 4 is 11.3 Å². The van der Waals surface area contributed by atoms with Gasteiger partial charge in [0.1, 0.15) is 0 Å². The van der Waals surface area contributed by atoms with Crippen LogP contribution in [0.3, 0.4) is 0 Å². The van der Waals surface area contributed by atoms with Gasteiger partial charge in [-0.3, -0.25) is 0 Å². The van der Waals surface area contributed by atoms with Gasteiger partial charge in [-0.15, -0.1) is 11.3 Å². The van der Waals surface area contributed by atoms with Crippen molar-refractivity contribution in [1.29, 1.82) is 0 Å². The lowest BCUT2D eigenvalue weighted by Crippen LogP contribution is -1.94. The predicted molar refractivity (Wildman–Crippen MR) is 116 cm³/mol. The lowest BCUT2D eigenvalue weighted by atomic mass is 10.0. The molecule has 0 unspecified atom stereocenters. The number of thiazole rings is 1. The van der Waals surface area contributed by atoms with E-state index in [0.29, 0.717) is 5.92 Å². The summed E-state index contributed by atoms with van der Waals surface area (Å²) < 4.78 is 1.88. The minimum Gasteiger partial charge on any atom is -0.249 e. The van der Waals surface area contributed by atoms with Gasteiger partial charge in [0, 0.05) is 36.3 Å². The fourth-order valence-corrected chi connectivity index (χ4v) is 4.21. The smallest absolute Gasteiger partial charge is 0.0931 e. The Hall–Kier alpha value is -2.72. The van der Waals surface area contributed by atoms with Crippen LogP contribution in [0, 0.1) is 0 Å². The fraction of sp³-hybridized carbons (Fsp3) is 0.250. The van der Waals surface area contributed by atoms with Crippen LogP contribution in [-0.4, -0.2) is 14.8 Å². The molecule has 0 aliphatic carbocycles. The summed E-state index contributed by atoms with van der Waals surface area (Å²) in [4.78, 5) is 5.95. The highest BCUT2D eigenvalue weighted by Crippen LogP contribution is 2.21. The molecule has 3 nitrogen and oxygen atoms in total. The van der Waals surface area contributed by atoms with Crippen LogP contribution in [0.5, 0.6) is 0 Å². The maximum atomic E-state index is 4.64. The molecular formula is C24H25N3S. The van der Waals surface area contributed by atoms with Gasteiger partial charge in [0.2, 0.25) is 0 Å². The van der Waals surface area contributed by atoms with Crippen molar-refractivity contribution in [3.63, 3.8) is 0 Å². The third-order valence-corrected chi connectivity index (χ3v) is 6.02. The molecule has 0 atom stereocenters. The zero-order valence-electron chi connectivity index (χ0n) is 16.4. The molecule has 0 radical (unpaired) electrons. The van der Waals surface area contributed by atoms with Crippen LogP contribution >= 0.6 is 11.3 Å². The highest BCUT2D eigenvalue weighted by molar-refractivity contribution is 7.11. The van der Waals surface area contributed by atoms with E-state index in [0.717, 1.165) is 24.9 Å². The minimum absolute atomic E-state index is 0.587. The molecule has 2 aromatic heterocycles. The van der Waals surface area contributed by atoms with E-state index in [1.54, 1.807) is 6.20 Å². The lowest BCUT2D eigenvalue weighted by Gasteiger charge is -2.06. The lowest BCUT2D eigenvalue weighted by molar-refractivity contribution is 0.862. The first-order valence-electron chi connectivity index (χ1n) is 9.79. The largest absolute Gasteiger partial charge is 0.249 e. The quantitative estimate of drug-likeness (QED) is 0.399. The van der Waals surface area contributed by atoms with Gasteiger partial charge in [0.25, 0.3) is 0 Å². The Morgan fingerprint density at radius 3 is 2.36 bits per heavy atom. The molecule has 0 spiro atoms. The Bertz CT molecular complexity index is 997. The second kappa shape index (κ2) is 8.53. The second-order valence-corrected chi connectivity index (χ2v) is 8.61. The van der Waals surface area contributed by atoms with Crippen LogP contribution in [0.15, 0.2) is 73.2 Å². The molecule has 4 rings (SSSR count). The number of benzene rings is 2. The maximum Gasteiger partial charge on any atom is 0.0931 e. The van der Waals surface area contributed by atoms with E-state index >= 15 is 0 Å². The molecule has 28 heavy (non-hydrogen) atoms. The van der Waals surface area contributed by atoms with Crippen LogP contribution in [0.25, 0.3) is 5.69 Å². The van der Waals surface area contributed by atoms with Gasteiger partial charge in [-0.2, -0.15) is 5.10 Å². The Kier molecular flexibility index (Phi) is 5.68. The van der Waals surface area contributed by atoms with Gasteiger partial charge in [-0.05, 0) is 47.2 Å². The molecule has 0 amide bonds. The van der Waals surface area contributed by atoms with Crippen molar-refractivity contribution in [2.75, 3.05) is 0 Å². The molecule has 0 aliphatic rings. The molecule has 0 N–H and O–H groups in total. The van der Waals surface area contributed by atoms with Gasteiger partial charge < -0.3 is 0 Å². The summed E-state index contributed by atoms with van der Waals surface area (Å²) in [5.74, 6) is 0.587. The first kappa shape index (κ1) is 18.6.